The van der Waals surface area contributed by atoms with Crippen molar-refractivity contribution in [3.05, 3.63) is 65.7 Å². The lowest BCUT2D eigenvalue weighted by Crippen LogP contribution is -1.96. The lowest BCUT2D eigenvalue weighted by Gasteiger charge is -2.07. The van der Waals surface area contributed by atoms with Crippen LogP contribution in [-0.2, 0) is 18.0 Å². The average molecular weight is 252 g/mol. The van der Waals surface area contributed by atoms with E-state index in [1.165, 1.54) is 0 Å². The lowest BCUT2D eigenvalue weighted by atomic mass is 10.2. The van der Waals surface area contributed by atoms with Crippen molar-refractivity contribution in [3.63, 3.8) is 0 Å². The second-order valence-electron chi connectivity index (χ2n) is 4.12. The third-order valence-electron chi connectivity index (χ3n) is 2.63. The van der Waals surface area contributed by atoms with Crippen molar-refractivity contribution in [2.75, 3.05) is 6.61 Å². The molecular formula is C17H16O2. The van der Waals surface area contributed by atoms with Crippen LogP contribution >= 0.6 is 0 Å². The third kappa shape index (κ3) is 4.50. The molecule has 2 heteroatoms. The zero-order valence-electron chi connectivity index (χ0n) is 10.7. The molecule has 0 amide bonds. The minimum absolute atomic E-state index is 0.340. The summed E-state index contributed by atoms with van der Waals surface area (Å²) in [6.45, 7) is 1.45. The number of terminal acetylenes is 1. The standard InChI is InChI=1S/C17H16O2/c1-2-12-18-13-16-8-10-17(11-9-16)19-14-15-6-4-3-5-7-15/h1,3-11H,12-14H2. The Labute approximate surface area is 114 Å². The van der Waals surface area contributed by atoms with E-state index in [-0.39, 0.29) is 0 Å². The van der Waals surface area contributed by atoms with Crippen LogP contribution in [0, 0.1) is 12.3 Å². The van der Waals surface area contributed by atoms with Crippen LogP contribution in [0.4, 0.5) is 0 Å². The van der Waals surface area contributed by atoms with Crippen molar-refractivity contribution in [1.29, 1.82) is 0 Å². The monoisotopic (exact) mass is 252 g/mol. The van der Waals surface area contributed by atoms with Gasteiger partial charge in [-0.1, -0.05) is 48.4 Å². The summed E-state index contributed by atoms with van der Waals surface area (Å²) in [6.07, 6.45) is 5.12. The molecule has 0 spiro atoms. The van der Waals surface area contributed by atoms with Crippen molar-refractivity contribution in [2.45, 2.75) is 13.2 Å². The fraction of sp³-hybridized carbons (Fsp3) is 0.176. The fourth-order valence-corrected chi connectivity index (χ4v) is 1.65. The van der Waals surface area contributed by atoms with Crippen LogP contribution < -0.4 is 4.74 Å². The van der Waals surface area contributed by atoms with E-state index >= 15 is 0 Å². The Hall–Kier alpha value is -2.24. The first-order chi connectivity index (χ1) is 9.38. The summed E-state index contributed by atoms with van der Waals surface area (Å²) in [5, 5.41) is 0. The molecular weight excluding hydrogens is 236 g/mol. The van der Waals surface area contributed by atoms with Crippen molar-refractivity contribution >= 4 is 0 Å². The van der Waals surface area contributed by atoms with Gasteiger partial charge in [0.15, 0.2) is 0 Å². The molecule has 0 heterocycles. The molecule has 2 rings (SSSR count). The van der Waals surface area contributed by atoms with Gasteiger partial charge in [-0.25, -0.2) is 0 Å². The summed E-state index contributed by atoms with van der Waals surface area (Å²) in [6, 6.07) is 17.9. The molecule has 0 fully saturated rings. The molecule has 0 aliphatic rings. The van der Waals surface area contributed by atoms with Gasteiger partial charge in [0.1, 0.15) is 19.0 Å². The van der Waals surface area contributed by atoms with Crippen molar-refractivity contribution in [1.82, 2.24) is 0 Å². The van der Waals surface area contributed by atoms with E-state index in [1.54, 1.807) is 0 Å². The molecule has 0 N–H and O–H groups in total. The highest BCUT2D eigenvalue weighted by molar-refractivity contribution is 5.27. The van der Waals surface area contributed by atoms with Gasteiger partial charge in [-0.2, -0.15) is 0 Å². The van der Waals surface area contributed by atoms with Gasteiger partial charge in [0.25, 0.3) is 0 Å². The Kier molecular flexibility index (Phi) is 5.04. The number of hydrogen-bond acceptors (Lipinski definition) is 2. The predicted octanol–water partition coefficient (Wildman–Crippen LogP) is 3.42. The molecule has 0 radical (unpaired) electrons. The Morgan fingerprint density at radius 2 is 1.53 bits per heavy atom. The first kappa shape index (κ1) is 13.2. The van der Waals surface area contributed by atoms with Crippen molar-refractivity contribution in [2.24, 2.45) is 0 Å². The van der Waals surface area contributed by atoms with Gasteiger partial charge in [-0.3, -0.25) is 0 Å². The van der Waals surface area contributed by atoms with Crippen LogP contribution in [-0.4, -0.2) is 6.61 Å². The van der Waals surface area contributed by atoms with Gasteiger partial charge in [0.05, 0.1) is 6.61 Å². The molecule has 2 nitrogen and oxygen atoms in total. The molecule has 0 unspecified atom stereocenters. The molecule has 2 aromatic carbocycles. The van der Waals surface area contributed by atoms with Crippen LogP contribution in [0.25, 0.3) is 0 Å². The van der Waals surface area contributed by atoms with E-state index in [2.05, 4.69) is 5.92 Å². The Balaban J connectivity index is 1.83. The zero-order chi connectivity index (χ0) is 13.3. The largest absolute Gasteiger partial charge is 0.489 e. The maximum absolute atomic E-state index is 5.70. The van der Waals surface area contributed by atoms with Gasteiger partial charge in [-0.15, -0.1) is 6.42 Å². The Morgan fingerprint density at radius 1 is 0.842 bits per heavy atom. The Bertz CT molecular complexity index is 523. The molecule has 0 atom stereocenters. The predicted molar refractivity (Wildman–Crippen MR) is 75.7 cm³/mol. The van der Waals surface area contributed by atoms with Crippen LogP contribution in [0.1, 0.15) is 11.1 Å². The van der Waals surface area contributed by atoms with Crippen LogP contribution in [0.3, 0.4) is 0 Å². The summed E-state index contributed by atoms with van der Waals surface area (Å²) in [5.41, 5.74) is 2.24. The smallest absolute Gasteiger partial charge is 0.119 e. The maximum Gasteiger partial charge on any atom is 0.119 e. The van der Waals surface area contributed by atoms with Gasteiger partial charge in [0, 0.05) is 0 Å². The van der Waals surface area contributed by atoms with Gasteiger partial charge in [-0.05, 0) is 23.3 Å². The molecule has 0 aromatic heterocycles. The summed E-state index contributed by atoms with van der Waals surface area (Å²) in [7, 11) is 0. The SMILES string of the molecule is C#CCOCc1ccc(OCc2ccccc2)cc1. The van der Waals surface area contributed by atoms with Gasteiger partial charge in [0.2, 0.25) is 0 Å². The highest BCUT2D eigenvalue weighted by Gasteiger charge is 1.97. The molecule has 0 saturated heterocycles. The topological polar surface area (TPSA) is 18.5 Å². The van der Waals surface area contributed by atoms with E-state index in [0.29, 0.717) is 19.8 Å². The van der Waals surface area contributed by atoms with Gasteiger partial charge >= 0.3 is 0 Å². The highest BCUT2D eigenvalue weighted by atomic mass is 16.5. The summed E-state index contributed by atoms with van der Waals surface area (Å²) in [5.74, 6) is 3.29. The lowest BCUT2D eigenvalue weighted by molar-refractivity contribution is 0.153. The summed E-state index contributed by atoms with van der Waals surface area (Å²) in [4.78, 5) is 0. The fourth-order valence-electron chi connectivity index (χ4n) is 1.65. The van der Waals surface area contributed by atoms with E-state index in [1.807, 2.05) is 54.6 Å². The normalized spacial score (nSPS) is 9.84. The van der Waals surface area contributed by atoms with E-state index in [9.17, 15) is 0 Å². The van der Waals surface area contributed by atoms with E-state index in [4.69, 9.17) is 15.9 Å². The van der Waals surface area contributed by atoms with E-state index < -0.39 is 0 Å². The van der Waals surface area contributed by atoms with Crippen molar-refractivity contribution in [3.8, 4) is 18.1 Å². The zero-order valence-corrected chi connectivity index (χ0v) is 10.7. The molecule has 0 aliphatic carbocycles. The van der Waals surface area contributed by atoms with Crippen LogP contribution in [0.15, 0.2) is 54.6 Å². The molecule has 19 heavy (non-hydrogen) atoms. The van der Waals surface area contributed by atoms with Gasteiger partial charge < -0.3 is 9.47 Å². The summed E-state index contributed by atoms with van der Waals surface area (Å²) >= 11 is 0. The average Bonchev–Trinajstić information content (AvgIpc) is 2.48. The highest BCUT2D eigenvalue weighted by Crippen LogP contribution is 2.14. The number of rotatable bonds is 6. The summed E-state index contributed by atoms with van der Waals surface area (Å²) < 4.78 is 11.0. The van der Waals surface area contributed by atoms with Crippen LogP contribution in [0.5, 0.6) is 5.75 Å². The van der Waals surface area contributed by atoms with Crippen LogP contribution in [0.2, 0.25) is 0 Å². The molecule has 96 valence electrons. The number of hydrogen-bond donors (Lipinski definition) is 0. The minimum atomic E-state index is 0.340. The number of benzene rings is 2. The molecule has 2 aromatic rings. The second kappa shape index (κ2) is 7.25. The Morgan fingerprint density at radius 3 is 2.21 bits per heavy atom. The van der Waals surface area contributed by atoms with E-state index in [0.717, 1.165) is 16.9 Å². The molecule has 0 aliphatic heterocycles. The third-order valence-corrected chi connectivity index (χ3v) is 2.63. The van der Waals surface area contributed by atoms with Crippen molar-refractivity contribution < 1.29 is 9.47 Å². The first-order valence-electron chi connectivity index (χ1n) is 6.15. The first-order valence-corrected chi connectivity index (χ1v) is 6.15. The number of ether oxygens (including phenoxy) is 2. The molecule has 0 saturated carbocycles. The minimum Gasteiger partial charge on any atom is -0.489 e. The molecule has 0 bridgehead atoms. The maximum atomic E-state index is 5.70. The second-order valence-corrected chi connectivity index (χ2v) is 4.12. The quantitative estimate of drug-likeness (QED) is 0.579.